The van der Waals surface area contributed by atoms with Gasteiger partial charge in [-0.15, -0.1) is 0 Å². The van der Waals surface area contributed by atoms with E-state index in [9.17, 15) is 9.59 Å². The molecule has 1 aromatic heterocycles. The Balaban J connectivity index is 2.09. The third-order valence-corrected chi connectivity index (χ3v) is 4.32. The van der Waals surface area contributed by atoms with Crippen molar-refractivity contribution in [3.8, 4) is 0 Å². The molecule has 0 unspecified atom stereocenters. The lowest BCUT2D eigenvalue weighted by molar-refractivity contribution is -0.135. The Morgan fingerprint density at radius 3 is 2.74 bits per heavy atom. The minimum atomic E-state index is -0.630. The van der Waals surface area contributed by atoms with E-state index in [0.717, 1.165) is 11.4 Å². The molecule has 2 rings (SSSR count). The van der Waals surface area contributed by atoms with Gasteiger partial charge in [0.05, 0.1) is 0 Å². The largest absolute Gasteiger partial charge is 0.362 e. The normalized spacial score (nSPS) is 21.0. The van der Waals surface area contributed by atoms with Gasteiger partial charge in [-0.1, -0.05) is 26.8 Å². The molecule has 1 aromatic rings. The molecule has 0 aliphatic carbocycles. The average molecular weight is 318 g/mol. The topological polar surface area (TPSA) is 74.3 Å². The van der Waals surface area contributed by atoms with E-state index < -0.39 is 5.92 Å². The standard InChI is InChI=1S/C17H26N4O2/c1-17(2,3)12-10-20-16(23)13(12)15(22)19-9-11-7-6-8-18-14(11)21(4)5/h6-8,12-13H,9-10H2,1-5H3,(H,19,22)(H,20,23)/t12-,13+/m0/s1. The summed E-state index contributed by atoms with van der Waals surface area (Å²) < 4.78 is 0. The number of hydrogen-bond donors (Lipinski definition) is 2. The van der Waals surface area contributed by atoms with Gasteiger partial charge in [-0.25, -0.2) is 4.98 Å². The maximum atomic E-state index is 12.6. The van der Waals surface area contributed by atoms with Crippen LogP contribution in [0.15, 0.2) is 18.3 Å². The van der Waals surface area contributed by atoms with Crippen molar-refractivity contribution in [2.24, 2.45) is 17.3 Å². The van der Waals surface area contributed by atoms with Gasteiger partial charge < -0.3 is 15.5 Å². The first kappa shape index (κ1) is 17.2. The molecule has 0 bridgehead atoms. The van der Waals surface area contributed by atoms with E-state index in [2.05, 4.69) is 36.4 Å². The van der Waals surface area contributed by atoms with Crippen LogP contribution in [0, 0.1) is 17.3 Å². The van der Waals surface area contributed by atoms with Crippen LogP contribution in [-0.2, 0) is 16.1 Å². The Labute approximate surface area is 137 Å². The second-order valence-electron chi connectivity index (χ2n) is 7.29. The summed E-state index contributed by atoms with van der Waals surface area (Å²) in [4.78, 5) is 30.9. The molecule has 1 fully saturated rings. The fourth-order valence-corrected chi connectivity index (χ4v) is 2.99. The molecule has 23 heavy (non-hydrogen) atoms. The van der Waals surface area contributed by atoms with Gasteiger partial charge in [0.25, 0.3) is 0 Å². The van der Waals surface area contributed by atoms with Crippen LogP contribution in [0.25, 0.3) is 0 Å². The first-order valence-corrected chi connectivity index (χ1v) is 7.88. The van der Waals surface area contributed by atoms with Gasteiger partial charge >= 0.3 is 0 Å². The van der Waals surface area contributed by atoms with E-state index in [1.807, 2.05) is 31.1 Å². The summed E-state index contributed by atoms with van der Waals surface area (Å²) >= 11 is 0. The second-order valence-corrected chi connectivity index (χ2v) is 7.29. The summed E-state index contributed by atoms with van der Waals surface area (Å²) in [5, 5.41) is 5.72. The van der Waals surface area contributed by atoms with Crippen molar-refractivity contribution in [3.05, 3.63) is 23.9 Å². The molecule has 1 saturated heterocycles. The molecule has 0 aromatic carbocycles. The lowest BCUT2D eigenvalue weighted by atomic mass is 9.74. The van der Waals surface area contributed by atoms with Crippen LogP contribution in [-0.4, -0.2) is 37.4 Å². The van der Waals surface area contributed by atoms with Crippen LogP contribution in [0.1, 0.15) is 26.3 Å². The fourth-order valence-electron chi connectivity index (χ4n) is 2.99. The van der Waals surface area contributed by atoms with Crippen molar-refractivity contribution in [1.82, 2.24) is 15.6 Å². The van der Waals surface area contributed by atoms with Crippen molar-refractivity contribution < 1.29 is 9.59 Å². The predicted molar refractivity (Wildman–Crippen MR) is 89.9 cm³/mol. The Morgan fingerprint density at radius 2 is 2.13 bits per heavy atom. The summed E-state index contributed by atoms with van der Waals surface area (Å²) in [6.07, 6.45) is 1.72. The lowest BCUT2D eigenvalue weighted by Gasteiger charge is -2.29. The molecule has 6 nitrogen and oxygen atoms in total. The molecule has 126 valence electrons. The lowest BCUT2D eigenvalue weighted by Crippen LogP contribution is -2.40. The van der Waals surface area contributed by atoms with E-state index in [-0.39, 0.29) is 23.1 Å². The van der Waals surface area contributed by atoms with Gasteiger partial charge in [0.1, 0.15) is 11.7 Å². The summed E-state index contributed by atoms with van der Waals surface area (Å²) in [5.74, 6) is -0.210. The molecule has 2 heterocycles. The van der Waals surface area contributed by atoms with Gasteiger partial charge in [-0.05, 0) is 11.5 Å². The van der Waals surface area contributed by atoms with Gasteiger partial charge in [-0.3, -0.25) is 9.59 Å². The summed E-state index contributed by atoms with van der Waals surface area (Å²) in [7, 11) is 3.82. The molecular weight excluding hydrogens is 292 g/mol. The van der Waals surface area contributed by atoms with Gasteiger partial charge in [0.15, 0.2) is 0 Å². The minimum absolute atomic E-state index is 0.00258. The highest BCUT2D eigenvalue weighted by atomic mass is 16.2. The number of aromatic nitrogens is 1. The molecule has 2 atom stereocenters. The molecule has 0 saturated carbocycles. The van der Waals surface area contributed by atoms with Gasteiger partial charge in [-0.2, -0.15) is 0 Å². The smallest absolute Gasteiger partial charge is 0.233 e. The quantitative estimate of drug-likeness (QED) is 0.817. The first-order chi connectivity index (χ1) is 10.7. The van der Waals surface area contributed by atoms with E-state index in [1.165, 1.54) is 0 Å². The molecule has 1 aliphatic rings. The molecule has 2 N–H and O–H groups in total. The Morgan fingerprint density at radius 1 is 1.43 bits per heavy atom. The molecular formula is C17H26N4O2. The van der Waals surface area contributed by atoms with Crippen LogP contribution in [0.3, 0.4) is 0 Å². The summed E-state index contributed by atoms with van der Waals surface area (Å²) in [6.45, 7) is 7.09. The van der Waals surface area contributed by atoms with E-state index in [0.29, 0.717) is 13.1 Å². The average Bonchev–Trinajstić information content (AvgIpc) is 2.87. The number of amides is 2. The highest BCUT2D eigenvalue weighted by molar-refractivity contribution is 6.02. The third kappa shape index (κ3) is 3.81. The van der Waals surface area contributed by atoms with Crippen LogP contribution >= 0.6 is 0 Å². The molecule has 2 amide bonds. The SMILES string of the molecule is CN(C)c1ncccc1CNC(=O)[C@@H]1C(=O)NC[C@@H]1C(C)(C)C. The maximum Gasteiger partial charge on any atom is 0.233 e. The minimum Gasteiger partial charge on any atom is -0.362 e. The number of pyridine rings is 1. The number of rotatable bonds is 4. The maximum absolute atomic E-state index is 12.6. The Kier molecular flexibility index (Phi) is 4.92. The number of nitrogens with zero attached hydrogens (tertiary/aromatic N) is 2. The van der Waals surface area contributed by atoms with Crippen LogP contribution < -0.4 is 15.5 Å². The fraction of sp³-hybridized carbons (Fsp3) is 0.588. The highest BCUT2D eigenvalue weighted by Crippen LogP contribution is 2.35. The highest BCUT2D eigenvalue weighted by Gasteiger charge is 2.45. The molecule has 6 heteroatoms. The van der Waals surface area contributed by atoms with Gasteiger partial charge in [0.2, 0.25) is 11.8 Å². The Bertz CT molecular complexity index is 593. The molecule has 0 radical (unpaired) electrons. The number of anilines is 1. The molecule has 0 spiro atoms. The van der Waals surface area contributed by atoms with Crippen LogP contribution in [0.5, 0.6) is 0 Å². The zero-order valence-corrected chi connectivity index (χ0v) is 14.5. The van der Waals surface area contributed by atoms with E-state index in [4.69, 9.17) is 0 Å². The van der Waals surface area contributed by atoms with E-state index >= 15 is 0 Å². The zero-order chi connectivity index (χ0) is 17.2. The van der Waals surface area contributed by atoms with Crippen molar-refractivity contribution in [3.63, 3.8) is 0 Å². The van der Waals surface area contributed by atoms with Crippen LogP contribution in [0.2, 0.25) is 0 Å². The van der Waals surface area contributed by atoms with Crippen LogP contribution in [0.4, 0.5) is 5.82 Å². The third-order valence-electron chi connectivity index (χ3n) is 4.32. The van der Waals surface area contributed by atoms with Crippen molar-refractivity contribution in [2.45, 2.75) is 27.3 Å². The van der Waals surface area contributed by atoms with Crippen molar-refractivity contribution >= 4 is 17.6 Å². The first-order valence-electron chi connectivity index (χ1n) is 7.88. The Hall–Kier alpha value is -2.11. The van der Waals surface area contributed by atoms with Crippen molar-refractivity contribution in [1.29, 1.82) is 0 Å². The summed E-state index contributed by atoms with van der Waals surface area (Å²) in [6, 6.07) is 3.77. The van der Waals surface area contributed by atoms with Crippen molar-refractivity contribution in [2.75, 3.05) is 25.5 Å². The number of carbonyl (C=O) groups is 2. The van der Waals surface area contributed by atoms with Gasteiger partial charge in [0, 0.05) is 44.9 Å². The number of nitrogens with one attached hydrogen (secondary N) is 2. The predicted octanol–water partition coefficient (Wildman–Crippen LogP) is 1.17. The monoisotopic (exact) mass is 318 g/mol. The second kappa shape index (κ2) is 6.56. The summed E-state index contributed by atoms with van der Waals surface area (Å²) in [5.41, 5.74) is 0.820. The molecule has 1 aliphatic heterocycles. The van der Waals surface area contributed by atoms with E-state index in [1.54, 1.807) is 6.20 Å². The number of carbonyl (C=O) groups excluding carboxylic acids is 2. The number of hydrogen-bond acceptors (Lipinski definition) is 4. The zero-order valence-electron chi connectivity index (χ0n) is 14.5.